The average molecular weight is 307 g/mol. The number of carboxylic acids is 1. The lowest BCUT2D eigenvalue weighted by Crippen LogP contribution is -2.37. The van der Waals surface area contributed by atoms with Gasteiger partial charge in [0.1, 0.15) is 11.3 Å². The molecule has 116 valence electrons. The van der Waals surface area contributed by atoms with E-state index in [4.69, 9.17) is 5.11 Å². The molecule has 9 heteroatoms. The van der Waals surface area contributed by atoms with Gasteiger partial charge in [-0.25, -0.2) is 9.59 Å². The van der Waals surface area contributed by atoms with Crippen molar-refractivity contribution < 1.29 is 25.2 Å². The third kappa shape index (κ3) is 2.08. The minimum absolute atomic E-state index is 0.385. The summed E-state index contributed by atoms with van der Waals surface area (Å²) in [4.78, 5) is 35.1. The fourth-order valence-electron chi connectivity index (χ4n) is 2.02. The predicted molar refractivity (Wildman–Crippen MR) is 72.1 cm³/mol. The predicted octanol–water partition coefficient (Wildman–Crippen LogP) is -1.07. The molecule has 1 aromatic carbocycles. The van der Waals surface area contributed by atoms with Crippen molar-refractivity contribution in [2.45, 2.75) is 0 Å². The van der Waals surface area contributed by atoms with Crippen molar-refractivity contribution in [2.75, 3.05) is 0 Å². The van der Waals surface area contributed by atoms with Crippen LogP contribution in [0.4, 0.5) is 0 Å². The van der Waals surface area contributed by atoms with E-state index in [-0.39, 0.29) is 5.56 Å². The quantitative estimate of drug-likeness (QED) is 0.640. The summed E-state index contributed by atoms with van der Waals surface area (Å²) in [7, 11) is 2.33. The van der Waals surface area contributed by atoms with Crippen molar-refractivity contribution in [3.05, 3.63) is 38.5 Å². The number of nitrogens with zero attached hydrogens (tertiary/aromatic N) is 2. The number of phenols is 1. The van der Waals surface area contributed by atoms with Crippen LogP contribution in [-0.4, -0.2) is 30.4 Å². The van der Waals surface area contributed by atoms with Crippen LogP contribution in [0.25, 0.3) is 11.1 Å². The zero-order chi connectivity index (χ0) is 16.8. The molecule has 0 radical (unpaired) electrons. The Kier molecular flexibility index (Phi) is 3.41. The number of aromatic carboxylic acids is 1. The summed E-state index contributed by atoms with van der Waals surface area (Å²) in [5, 5.41) is 40.0. The van der Waals surface area contributed by atoms with Crippen molar-refractivity contribution >= 4 is 5.97 Å². The SMILES string of the molecule is Cn1c(O)c(-c2cc([O-])c(O)cc2C(=O)O)c(=O)n(C)c1=O. The zero-order valence-corrected chi connectivity index (χ0v) is 11.5. The van der Waals surface area contributed by atoms with Gasteiger partial charge in [-0.3, -0.25) is 13.9 Å². The number of hydrogen-bond donors (Lipinski definition) is 3. The minimum Gasteiger partial charge on any atom is -0.870 e. The van der Waals surface area contributed by atoms with Gasteiger partial charge < -0.3 is 20.4 Å². The normalized spacial score (nSPS) is 10.6. The van der Waals surface area contributed by atoms with E-state index in [1.54, 1.807) is 0 Å². The van der Waals surface area contributed by atoms with Crippen LogP contribution in [0.2, 0.25) is 0 Å². The van der Waals surface area contributed by atoms with Gasteiger partial charge in [0.25, 0.3) is 5.56 Å². The van der Waals surface area contributed by atoms with E-state index in [0.29, 0.717) is 10.6 Å². The summed E-state index contributed by atoms with van der Waals surface area (Å²) in [5.41, 5.74) is -3.23. The van der Waals surface area contributed by atoms with E-state index < -0.39 is 45.7 Å². The molecule has 3 N–H and O–H groups in total. The summed E-state index contributed by atoms with van der Waals surface area (Å²) >= 11 is 0. The summed E-state index contributed by atoms with van der Waals surface area (Å²) in [6, 6.07) is 1.41. The molecule has 0 saturated carbocycles. The second-order valence-electron chi connectivity index (χ2n) is 4.58. The van der Waals surface area contributed by atoms with Crippen molar-refractivity contribution in [3.63, 3.8) is 0 Å². The first-order valence-electron chi connectivity index (χ1n) is 5.93. The number of carbonyl (C=O) groups is 1. The Morgan fingerprint density at radius 3 is 2.27 bits per heavy atom. The van der Waals surface area contributed by atoms with E-state index in [1.165, 1.54) is 7.05 Å². The van der Waals surface area contributed by atoms with Gasteiger partial charge in [-0.15, -0.1) is 0 Å². The molecule has 0 aliphatic heterocycles. The van der Waals surface area contributed by atoms with Crippen LogP contribution in [0.15, 0.2) is 21.7 Å². The highest BCUT2D eigenvalue weighted by molar-refractivity contribution is 5.97. The number of aromatic nitrogens is 2. The van der Waals surface area contributed by atoms with Crippen LogP contribution in [0.1, 0.15) is 10.4 Å². The summed E-state index contributed by atoms with van der Waals surface area (Å²) in [5.74, 6) is -4.01. The van der Waals surface area contributed by atoms with E-state index in [2.05, 4.69) is 0 Å². The molecule has 1 heterocycles. The summed E-state index contributed by atoms with van der Waals surface area (Å²) < 4.78 is 1.40. The third-order valence-electron chi connectivity index (χ3n) is 3.23. The summed E-state index contributed by atoms with van der Waals surface area (Å²) in [6.45, 7) is 0. The maximum Gasteiger partial charge on any atom is 0.336 e. The van der Waals surface area contributed by atoms with Crippen LogP contribution >= 0.6 is 0 Å². The smallest absolute Gasteiger partial charge is 0.336 e. The second kappa shape index (κ2) is 4.95. The highest BCUT2D eigenvalue weighted by atomic mass is 16.4. The second-order valence-corrected chi connectivity index (χ2v) is 4.58. The number of hydrogen-bond acceptors (Lipinski definition) is 6. The molecule has 1 aromatic heterocycles. The number of rotatable bonds is 2. The van der Waals surface area contributed by atoms with E-state index in [1.807, 2.05) is 0 Å². The molecule has 0 atom stereocenters. The lowest BCUT2D eigenvalue weighted by atomic mass is 10.00. The van der Waals surface area contributed by atoms with Crippen molar-refractivity contribution in [3.8, 4) is 28.5 Å². The Morgan fingerprint density at radius 1 is 1.14 bits per heavy atom. The first-order valence-corrected chi connectivity index (χ1v) is 5.93. The highest BCUT2D eigenvalue weighted by Gasteiger charge is 2.22. The van der Waals surface area contributed by atoms with Crippen LogP contribution in [0, 0.1) is 0 Å². The maximum absolute atomic E-state index is 12.2. The van der Waals surface area contributed by atoms with Crippen molar-refractivity contribution in [1.82, 2.24) is 9.13 Å². The lowest BCUT2D eigenvalue weighted by Gasteiger charge is -2.16. The average Bonchev–Trinajstić information content (AvgIpc) is 2.46. The standard InChI is InChI=1S/C13H12N2O7/c1-14-10(18)9(11(19)15(2)13(14)22)5-3-7(16)8(17)4-6(5)12(20)21/h3-4,16-18H,1-2H3,(H,20,21)/p-1. The van der Waals surface area contributed by atoms with Crippen LogP contribution in [0.3, 0.4) is 0 Å². The van der Waals surface area contributed by atoms with E-state index in [0.717, 1.165) is 17.7 Å². The van der Waals surface area contributed by atoms with Gasteiger partial charge in [0.2, 0.25) is 5.88 Å². The van der Waals surface area contributed by atoms with Gasteiger partial charge in [0, 0.05) is 19.7 Å². The zero-order valence-electron chi connectivity index (χ0n) is 11.5. The molecule has 0 bridgehead atoms. The monoisotopic (exact) mass is 307 g/mol. The Hall–Kier alpha value is -3.23. The fraction of sp³-hybridized carbons (Fsp3) is 0.154. The number of aromatic hydroxyl groups is 2. The number of benzene rings is 1. The highest BCUT2D eigenvalue weighted by Crippen LogP contribution is 2.34. The molecular formula is C13H11N2O7-. The topological polar surface area (TPSA) is 145 Å². The van der Waals surface area contributed by atoms with Crippen molar-refractivity contribution in [1.29, 1.82) is 0 Å². The molecule has 0 spiro atoms. The number of carboxylic acid groups (broad SMARTS) is 1. The third-order valence-corrected chi connectivity index (χ3v) is 3.23. The maximum atomic E-state index is 12.2. The van der Waals surface area contributed by atoms with Crippen LogP contribution in [-0.2, 0) is 14.1 Å². The Morgan fingerprint density at radius 2 is 1.73 bits per heavy atom. The molecule has 0 fully saturated rings. The number of phenolic OH excluding ortho intramolecular Hbond substituents is 1. The van der Waals surface area contributed by atoms with Gasteiger partial charge in [-0.1, -0.05) is 11.8 Å². The van der Waals surface area contributed by atoms with Crippen LogP contribution in [0.5, 0.6) is 17.4 Å². The fourth-order valence-corrected chi connectivity index (χ4v) is 2.02. The Bertz CT molecular complexity index is 908. The van der Waals surface area contributed by atoms with E-state index >= 15 is 0 Å². The molecule has 0 unspecified atom stereocenters. The molecule has 0 amide bonds. The molecule has 2 rings (SSSR count). The van der Waals surface area contributed by atoms with Gasteiger partial charge >= 0.3 is 11.7 Å². The Labute approximate surface area is 122 Å². The molecule has 0 saturated heterocycles. The minimum atomic E-state index is -1.51. The van der Waals surface area contributed by atoms with Gasteiger partial charge in [-0.2, -0.15) is 0 Å². The lowest BCUT2D eigenvalue weighted by molar-refractivity contribution is -0.270. The van der Waals surface area contributed by atoms with Gasteiger partial charge in [0.05, 0.1) is 5.56 Å². The first-order chi connectivity index (χ1) is 10.2. The van der Waals surface area contributed by atoms with Gasteiger partial charge in [-0.05, 0) is 6.07 Å². The molecule has 0 aliphatic rings. The largest absolute Gasteiger partial charge is 0.870 e. The van der Waals surface area contributed by atoms with Crippen LogP contribution < -0.4 is 16.4 Å². The van der Waals surface area contributed by atoms with Gasteiger partial charge in [0.15, 0.2) is 0 Å². The molecule has 22 heavy (non-hydrogen) atoms. The van der Waals surface area contributed by atoms with E-state index in [9.17, 15) is 29.7 Å². The Balaban J connectivity index is 3.01. The van der Waals surface area contributed by atoms with Crippen molar-refractivity contribution in [2.24, 2.45) is 14.1 Å². The molecule has 9 nitrogen and oxygen atoms in total. The first kappa shape index (κ1) is 15.2. The molecule has 2 aromatic rings. The molecule has 0 aliphatic carbocycles. The molecular weight excluding hydrogens is 296 g/mol. The summed E-state index contributed by atoms with van der Waals surface area (Å²) in [6.07, 6.45) is 0.